The number of benzene rings is 2. The minimum Gasteiger partial charge on any atom is -0.508 e. The lowest BCUT2D eigenvalue weighted by Gasteiger charge is -2.07. The maximum absolute atomic E-state index is 11.8. The van der Waals surface area contributed by atoms with Gasteiger partial charge >= 0.3 is 0 Å². The van der Waals surface area contributed by atoms with Crippen molar-refractivity contribution in [2.75, 3.05) is 13.1 Å². The van der Waals surface area contributed by atoms with E-state index in [0.29, 0.717) is 36.5 Å². The largest absolute Gasteiger partial charge is 0.508 e. The van der Waals surface area contributed by atoms with E-state index in [1.54, 1.807) is 12.1 Å². The van der Waals surface area contributed by atoms with Crippen LogP contribution in [0, 0.1) is 0 Å². The van der Waals surface area contributed by atoms with Crippen molar-refractivity contribution < 1.29 is 14.7 Å². The van der Waals surface area contributed by atoms with Gasteiger partial charge in [-0.25, -0.2) is 0 Å². The molecule has 2 aromatic carbocycles. The molecule has 3 N–H and O–H groups in total. The Morgan fingerprint density at radius 3 is 2.21 bits per heavy atom. The van der Waals surface area contributed by atoms with Crippen LogP contribution in [0.15, 0.2) is 48.5 Å². The lowest BCUT2D eigenvalue weighted by atomic mass is 10.1. The van der Waals surface area contributed by atoms with E-state index in [1.165, 1.54) is 24.3 Å². The number of phenolic OH excluding ortho intramolecular Hbond substituents is 1. The van der Waals surface area contributed by atoms with Crippen LogP contribution in [0.3, 0.4) is 0 Å². The number of aryl methyl sites for hydroxylation is 1. The predicted octanol–water partition coefficient (Wildman–Crippen LogP) is 2.52. The zero-order chi connectivity index (χ0) is 17.4. The van der Waals surface area contributed by atoms with E-state index < -0.39 is 0 Å². The summed E-state index contributed by atoms with van der Waals surface area (Å²) in [6, 6.07) is 13.4. The molecular formula is C18H19ClN2O3. The second-order valence-electron chi connectivity index (χ2n) is 5.28. The number of carbonyl (C=O) groups is 2. The molecule has 0 saturated heterocycles. The van der Waals surface area contributed by atoms with Crippen molar-refractivity contribution in [2.24, 2.45) is 0 Å². The molecule has 0 heterocycles. The smallest absolute Gasteiger partial charge is 0.251 e. The van der Waals surface area contributed by atoms with Gasteiger partial charge in [-0.2, -0.15) is 0 Å². The number of rotatable bonds is 7. The monoisotopic (exact) mass is 346 g/mol. The van der Waals surface area contributed by atoms with Crippen molar-refractivity contribution in [1.29, 1.82) is 0 Å². The van der Waals surface area contributed by atoms with Crippen LogP contribution in [-0.2, 0) is 11.2 Å². The lowest BCUT2D eigenvalue weighted by Crippen LogP contribution is -2.34. The van der Waals surface area contributed by atoms with Crippen molar-refractivity contribution in [3.8, 4) is 5.75 Å². The fraction of sp³-hybridized carbons (Fsp3) is 0.222. The first-order valence-electron chi connectivity index (χ1n) is 7.63. The predicted molar refractivity (Wildman–Crippen MR) is 93.2 cm³/mol. The molecule has 0 aliphatic carbocycles. The first kappa shape index (κ1) is 17.8. The molecule has 6 heteroatoms. The third kappa shape index (κ3) is 5.93. The van der Waals surface area contributed by atoms with E-state index in [2.05, 4.69) is 10.6 Å². The highest BCUT2D eigenvalue weighted by Crippen LogP contribution is 2.11. The Morgan fingerprint density at radius 2 is 1.54 bits per heavy atom. The van der Waals surface area contributed by atoms with Gasteiger partial charge in [0.25, 0.3) is 5.91 Å². The van der Waals surface area contributed by atoms with Crippen LogP contribution < -0.4 is 10.6 Å². The Bertz CT molecular complexity index is 684. The summed E-state index contributed by atoms with van der Waals surface area (Å²) in [6.07, 6.45) is 1.02. The van der Waals surface area contributed by atoms with Gasteiger partial charge in [-0.1, -0.05) is 23.7 Å². The molecule has 0 spiro atoms. The standard InChI is InChI=1S/C18H19ClN2O3/c19-15-6-1-13(2-7-15)3-10-17(23)20-11-12-21-18(24)14-4-8-16(22)9-5-14/h1-2,4-9,22H,3,10-12H2,(H,20,23)(H,21,24). The second kappa shape index (κ2) is 8.93. The lowest BCUT2D eigenvalue weighted by molar-refractivity contribution is -0.121. The molecular weight excluding hydrogens is 328 g/mol. The number of hydrogen-bond donors (Lipinski definition) is 3. The maximum Gasteiger partial charge on any atom is 0.251 e. The van der Waals surface area contributed by atoms with Crippen LogP contribution in [0.1, 0.15) is 22.3 Å². The van der Waals surface area contributed by atoms with Gasteiger partial charge in [0, 0.05) is 30.1 Å². The Hall–Kier alpha value is -2.53. The van der Waals surface area contributed by atoms with Crippen LogP contribution in [0.4, 0.5) is 0 Å². The Balaban J connectivity index is 1.63. The highest BCUT2D eigenvalue weighted by atomic mass is 35.5. The normalized spacial score (nSPS) is 10.2. The van der Waals surface area contributed by atoms with Crippen LogP contribution in [0.2, 0.25) is 5.02 Å². The summed E-state index contributed by atoms with van der Waals surface area (Å²) in [4.78, 5) is 23.6. The van der Waals surface area contributed by atoms with E-state index >= 15 is 0 Å². The van der Waals surface area contributed by atoms with E-state index in [-0.39, 0.29) is 17.6 Å². The van der Waals surface area contributed by atoms with Crippen molar-refractivity contribution in [1.82, 2.24) is 10.6 Å². The topological polar surface area (TPSA) is 78.4 Å². The fourth-order valence-electron chi connectivity index (χ4n) is 2.09. The van der Waals surface area contributed by atoms with E-state index in [0.717, 1.165) is 5.56 Å². The minimum absolute atomic E-state index is 0.0659. The Kier molecular flexibility index (Phi) is 6.63. The van der Waals surface area contributed by atoms with Gasteiger partial charge in [-0.3, -0.25) is 9.59 Å². The average molecular weight is 347 g/mol. The number of phenols is 1. The van der Waals surface area contributed by atoms with Gasteiger partial charge < -0.3 is 15.7 Å². The molecule has 0 aliphatic rings. The summed E-state index contributed by atoms with van der Waals surface area (Å²) in [7, 11) is 0. The summed E-state index contributed by atoms with van der Waals surface area (Å²) < 4.78 is 0. The molecule has 0 bridgehead atoms. The molecule has 0 radical (unpaired) electrons. The minimum atomic E-state index is -0.245. The molecule has 24 heavy (non-hydrogen) atoms. The molecule has 2 aromatic rings. The quantitative estimate of drug-likeness (QED) is 0.674. The SMILES string of the molecule is O=C(CCc1ccc(Cl)cc1)NCCNC(=O)c1ccc(O)cc1. The molecule has 2 amide bonds. The molecule has 0 unspecified atom stereocenters. The average Bonchev–Trinajstić information content (AvgIpc) is 2.58. The Morgan fingerprint density at radius 1 is 0.917 bits per heavy atom. The van der Waals surface area contributed by atoms with Crippen molar-refractivity contribution in [3.05, 3.63) is 64.7 Å². The number of amides is 2. The molecule has 0 atom stereocenters. The van der Waals surface area contributed by atoms with Gasteiger partial charge in [-0.15, -0.1) is 0 Å². The fourth-order valence-corrected chi connectivity index (χ4v) is 2.22. The Labute approximate surface area is 145 Å². The summed E-state index contributed by atoms with van der Waals surface area (Å²) in [5.74, 6) is -0.200. The molecule has 126 valence electrons. The number of halogens is 1. The summed E-state index contributed by atoms with van der Waals surface area (Å²) >= 11 is 5.81. The van der Waals surface area contributed by atoms with Crippen molar-refractivity contribution >= 4 is 23.4 Å². The highest BCUT2D eigenvalue weighted by molar-refractivity contribution is 6.30. The van der Waals surface area contributed by atoms with Crippen LogP contribution in [0.25, 0.3) is 0 Å². The molecule has 0 saturated carbocycles. The number of aromatic hydroxyl groups is 1. The van der Waals surface area contributed by atoms with Gasteiger partial charge in [0.1, 0.15) is 5.75 Å². The summed E-state index contributed by atoms with van der Waals surface area (Å²) in [5.41, 5.74) is 1.51. The van der Waals surface area contributed by atoms with E-state index in [4.69, 9.17) is 11.6 Å². The first-order chi connectivity index (χ1) is 11.5. The third-order valence-corrected chi connectivity index (χ3v) is 3.67. The molecule has 0 aliphatic heterocycles. The summed E-state index contributed by atoms with van der Waals surface area (Å²) in [5, 5.41) is 15.3. The zero-order valence-electron chi connectivity index (χ0n) is 13.1. The second-order valence-corrected chi connectivity index (χ2v) is 5.72. The highest BCUT2D eigenvalue weighted by Gasteiger charge is 2.05. The van der Waals surface area contributed by atoms with Crippen LogP contribution in [-0.4, -0.2) is 30.0 Å². The summed E-state index contributed by atoms with van der Waals surface area (Å²) in [6.45, 7) is 0.704. The third-order valence-electron chi connectivity index (χ3n) is 3.42. The molecule has 0 aromatic heterocycles. The van der Waals surface area contributed by atoms with E-state index in [9.17, 15) is 14.7 Å². The van der Waals surface area contributed by atoms with Gasteiger partial charge in [0.15, 0.2) is 0 Å². The van der Waals surface area contributed by atoms with E-state index in [1.807, 2.05) is 12.1 Å². The molecule has 5 nitrogen and oxygen atoms in total. The van der Waals surface area contributed by atoms with Crippen LogP contribution in [0.5, 0.6) is 5.75 Å². The van der Waals surface area contributed by atoms with Gasteiger partial charge in [-0.05, 0) is 48.4 Å². The van der Waals surface area contributed by atoms with Crippen molar-refractivity contribution in [2.45, 2.75) is 12.8 Å². The van der Waals surface area contributed by atoms with Crippen LogP contribution >= 0.6 is 11.6 Å². The number of hydrogen-bond acceptors (Lipinski definition) is 3. The zero-order valence-corrected chi connectivity index (χ0v) is 13.8. The first-order valence-corrected chi connectivity index (χ1v) is 8.01. The van der Waals surface area contributed by atoms with Gasteiger partial charge in [0.05, 0.1) is 0 Å². The number of nitrogens with one attached hydrogen (secondary N) is 2. The van der Waals surface area contributed by atoms with Gasteiger partial charge in [0.2, 0.25) is 5.91 Å². The molecule has 2 rings (SSSR count). The maximum atomic E-state index is 11.8. The van der Waals surface area contributed by atoms with Crippen molar-refractivity contribution in [3.63, 3.8) is 0 Å². The number of carbonyl (C=O) groups excluding carboxylic acids is 2. The molecule has 0 fully saturated rings.